The average molecular weight is 544 g/mol. The molecular weight excluding hydrogens is 511 g/mol. The molecule has 36 heavy (non-hydrogen) atoms. The van der Waals surface area contributed by atoms with Crippen LogP contribution in [0, 0.1) is 18.8 Å². The molecule has 0 saturated heterocycles. The predicted octanol–water partition coefficient (Wildman–Crippen LogP) is 5.07. The summed E-state index contributed by atoms with van der Waals surface area (Å²) in [6.07, 6.45) is 4.18. The molecular formula is C24H32F3N5O2S2. The van der Waals surface area contributed by atoms with E-state index in [1.807, 2.05) is 13.1 Å². The Balaban J connectivity index is 1.12. The van der Waals surface area contributed by atoms with Crippen molar-refractivity contribution in [1.29, 1.82) is 0 Å². The number of carbonyl (C=O) groups is 1. The van der Waals surface area contributed by atoms with Crippen LogP contribution in [0.1, 0.15) is 59.1 Å². The molecule has 7 nitrogen and oxygen atoms in total. The van der Waals surface area contributed by atoms with Crippen LogP contribution in [0.25, 0.3) is 0 Å². The van der Waals surface area contributed by atoms with Gasteiger partial charge >= 0.3 is 6.18 Å². The summed E-state index contributed by atoms with van der Waals surface area (Å²) in [6.45, 7) is 4.40. The second-order valence-corrected chi connectivity index (χ2v) is 11.9. The first-order chi connectivity index (χ1) is 17.2. The van der Waals surface area contributed by atoms with Crippen molar-refractivity contribution in [3.8, 4) is 5.19 Å². The first-order valence-corrected chi connectivity index (χ1v) is 14.1. The van der Waals surface area contributed by atoms with Crippen molar-refractivity contribution in [2.45, 2.75) is 70.9 Å². The molecule has 0 atom stereocenters. The number of amides is 1. The van der Waals surface area contributed by atoms with Gasteiger partial charge in [-0.3, -0.25) is 4.79 Å². The number of aryl methyl sites for hydroxylation is 1. The maximum Gasteiger partial charge on any atom is 0.392 e. The molecule has 1 fully saturated rings. The number of hydrogen-bond donors (Lipinski definition) is 0. The molecule has 1 saturated carbocycles. The van der Waals surface area contributed by atoms with Gasteiger partial charge in [-0.1, -0.05) is 11.3 Å². The molecule has 2 aliphatic rings. The van der Waals surface area contributed by atoms with Crippen LogP contribution in [0.2, 0.25) is 0 Å². The quantitative estimate of drug-likeness (QED) is 0.411. The van der Waals surface area contributed by atoms with Crippen LogP contribution in [-0.4, -0.2) is 64.6 Å². The highest BCUT2D eigenvalue weighted by Gasteiger charge is 2.27. The molecule has 0 radical (unpaired) electrons. The molecule has 1 aliphatic heterocycles. The van der Waals surface area contributed by atoms with Gasteiger partial charge in [0.15, 0.2) is 0 Å². The molecule has 198 valence electrons. The molecule has 0 aromatic carbocycles. The maximum absolute atomic E-state index is 12.3. The van der Waals surface area contributed by atoms with Crippen molar-refractivity contribution in [3.63, 3.8) is 0 Å². The van der Waals surface area contributed by atoms with Gasteiger partial charge in [-0.25, -0.2) is 9.98 Å². The van der Waals surface area contributed by atoms with Crippen LogP contribution < -0.4 is 4.74 Å². The van der Waals surface area contributed by atoms with Crippen molar-refractivity contribution in [2.75, 3.05) is 26.2 Å². The Morgan fingerprint density at radius 1 is 1.17 bits per heavy atom. The van der Waals surface area contributed by atoms with E-state index in [1.165, 1.54) is 22.7 Å². The van der Waals surface area contributed by atoms with E-state index < -0.39 is 12.6 Å². The number of fused-ring (bicyclic) bond motifs is 1. The monoisotopic (exact) mass is 543 g/mol. The van der Waals surface area contributed by atoms with E-state index in [0.717, 1.165) is 80.2 Å². The number of hydrogen-bond acceptors (Lipinski definition) is 8. The van der Waals surface area contributed by atoms with Crippen molar-refractivity contribution < 1.29 is 22.7 Å². The SMILES string of the molecule is Cc1nnc(CC(=O)/N=C/C2CCC(CCN3CCc4nc(OCCC(F)(F)F)sc4CC3)CC2)s1. The fourth-order valence-electron chi connectivity index (χ4n) is 4.69. The summed E-state index contributed by atoms with van der Waals surface area (Å²) >= 11 is 2.82. The summed E-state index contributed by atoms with van der Waals surface area (Å²) in [4.78, 5) is 24.3. The standard InChI is InChI=1S/C24H32F3N5O2S2/c1-16-30-31-22(35-16)14-21(33)28-15-18-4-2-17(3-5-18)6-10-32-11-7-19-20(8-12-32)36-23(29-19)34-13-9-24(25,26)27/h15,17-18H,2-14H2,1H3/b28-15+. The van der Waals surface area contributed by atoms with Crippen LogP contribution in [0.3, 0.4) is 0 Å². The Kier molecular flexibility index (Phi) is 9.46. The third-order valence-electron chi connectivity index (χ3n) is 6.73. The topological polar surface area (TPSA) is 80.6 Å². The molecule has 0 bridgehead atoms. The molecule has 4 rings (SSSR count). The summed E-state index contributed by atoms with van der Waals surface area (Å²) in [7, 11) is 0. The van der Waals surface area contributed by atoms with Crippen molar-refractivity contribution in [2.24, 2.45) is 16.8 Å². The van der Waals surface area contributed by atoms with Crippen LogP contribution in [0.4, 0.5) is 13.2 Å². The number of nitrogens with zero attached hydrogens (tertiary/aromatic N) is 5. The highest BCUT2D eigenvalue weighted by molar-refractivity contribution is 7.13. The number of rotatable bonds is 9. The van der Waals surface area contributed by atoms with Gasteiger partial charge in [0, 0.05) is 30.6 Å². The van der Waals surface area contributed by atoms with Crippen LogP contribution in [0.15, 0.2) is 4.99 Å². The van der Waals surface area contributed by atoms with E-state index in [9.17, 15) is 18.0 Å². The van der Waals surface area contributed by atoms with E-state index >= 15 is 0 Å². The second-order valence-electron chi connectivity index (χ2n) is 9.54. The van der Waals surface area contributed by atoms with Crippen molar-refractivity contribution in [3.05, 3.63) is 20.6 Å². The summed E-state index contributed by atoms with van der Waals surface area (Å²) < 4.78 is 42.2. The smallest absolute Gasteiger partial charge is 0.392 e. The Hall–Kier alpha value is -1.92. The minimum atomic E-state index is -4.21. The molecule has 1 aliphatic carbocycles. The van der Waals surface area contributed by atoms with Gasteiger partial charge in [0.05, 0.1) is 25.1 Å². The first-order valence-electron chi connectivity index (χ1n) is 12.5. The van der Waals surface area contributed by atoms with Crippen LogP contribution in [0.5, 0.6) is 5.19 Å². The number of ether oxygens (including phenoxy) is 1. The Morgan fingerprint density at radius 2 is 1.94 bits per heavy atom. The number of aliphatic imine (C=N–C) groups is 1. The number of halogens is 3. The molecule has 0 unspecified atom stereocenters. The molecule has 3 heterocycles. The third kappa shape index (κ3) is 8.58. The Bertz CT molecular complexity index is 1010. The number of carbonyl (C=O) groups excluding carboxylic acids is 1. The average Bonchev–Trinajstić information content (AvgIpc) is 3.36. The molecule has 2 aromatic heterocycles. The zero-order chi connectivity index (χ0) is 25.5. The van der Waals surface area contributed by atoms with Crippen LogP contribution in [-0.2, 0) is 24.1 Å². The highest BCUT2D eigenvalue weighted by atomic mass is 32.1. The van der Waals surface area contributed by atoms with Gasteiger partial charge < -0.3 is 9.64 Å². The number of aromatic nitrogens is 3. The summed E-state index contributed by atoms with van der Waals surface area (Å²) in [5, 5.41) is 9.85. The van der Waals surface area contributed by atoms with Gasteiger partial charge in [0.2, 0.25) is 0 Å². The lowest BCUT2D eigenvalue weighted by atomic mass is 9.81. The molecule has 2 aromatic rings. The normalized spacial score (nSPS) is 21.4. The Morgan fingerprint density at radius 3 is 2.67 bits per heavy atom. The number of alkyl halides is 3. The highest BCUT2D eigenvalue weighted by Crippen LogP contribution is 2.32. The van der Waals surface area contributed by atoms with E-state index in [-0.39, 0.29) is 18.9 Å². The van der Waals surface area contributed by atoms with E-state index in [0.29, 0.717) is 22.0 Å². The van der Waals surface area contributed by atoms with Gasteiger partial charge in [-0.2, -0.15) is 13.2 Å². The van der Waals surface area contributed by atoms with Gasteiger partial charge in [-0.15, -0.1) is 21.5 Å². The molecule has 0 N–H and O–H groups in total. The fourth-order valence-corrected chi connectivity index (χ4v) is 6.36. The largest absolute Gasteiger partial charge is 0.470 e. The molecule has 1 amide bonds. The predicted molar refractivity (Wildman–Crippen MR) is 134 cm³/mol. The van der Waals surface area contributed by atoms with Crippen molar-refractivity contribution >= 4 is 34.8 Å². The molecule has 0 spiro atoms. The van der Waals surface area contributed by atoms with Gasteiger partial charge in [0.25, 0.3) is 11.1 Å². The summed E-state index contributed by atoms with van der Waals surface area (Å²) in [5.74, 6) is 0.908. The zero-order valence-electron chi connectivity index (χ0n) is 20.4. The summed E-state index contributed by atoms with van der Waals surface area (Å²) in [6, 6.07) is 0. The lowest BCUT2D eigenvalue weighted by Gasteiger charge is -2.28. The van der Waals surface area contributed by atoms with Gasteiger partial charge in [0.1, 0.15) is 10.0 Å². The van der Waals surface area contributed by atoms with Gasteiger partial charge in [-0.05, 0) is 63.8 Å². The lowest BCUT2D eigenvalue weighted by molar-refractivity contribution is -0.139. The zero-order valence-corrected chi connectivity index (χ0v) is 22.1. The van der Waals surface area contributed by atoms with Crippen LogP contribution >= 0.6 is 22.7 Å². The maximum atomic E-state index is 12.3. The van der Waals surface area contributed by atoms with E-state index in [2.05, 4.69) is 25.1 Å². The number of thiazole rings is 1. The fraction of sp³-hybridized carbons (Fsp3) is 0.708. The minimum absolute atomic E-state index is 0.155. The van der Waals surface area contributed by atoms with Crippen molar-refractivity contribution in [1.82, 2.24) is 20.1 Å². The Labute approximate surface area is 217 Å². The van der Waals surface area contributed by atoms with E-state index in [4.69, 9.17) is 4.74 Å². The summed E-state index contributed by atoms with van der Waals surface area (Å²) in [5.41, 5.74) is 0.972. The van der Waals surface area contributed by atoms with E-state index in [1.54, 1.807) is 0 Å². The second kappa shape index (κ2) is 12.6. The lowest BCUT2D eigenvalue weighted by Crippen LogP contribution is -2.29. The molecule has 12 heteroatoms. The first kappa shape index (κ1) is 27.1. The third-order valence-corrected chi connectivity index (χ3v) is 8.64. The minimum Gasteiger partial charge on any atom is -0.470 e.